The van der Waals surface area contributed by atoms with E-state index in [0.717, 1.165) is 5.39 Å². The van der Waals surface area contributed by atoms with E-state index >= 15 is 0 Å². The average Bonchev–Trinajstić information content (AvgIpc) is 2.63. The Morgan fingerprint density at radius 3 is 2.86 bits per heavy atom. The second-order valence-corrected chi connectivity index (χ2v) is 3.07. The van der Waals surface area contributed by atoms with Gasteiger partial charge < -0.3 is 9.15 Å². The Hall–Kier alpha value is -1.77. The Bertz CT molecular complexity index is 482. The third kappa shape index (κ3) is 1.27. The third-order valence-electron chi connectivity index (χ3n) is 2.14. The quantitative estimate of drug-likeness (QED) is 0.683. The van der Waals surface area contributed by atoms with Gasteiger partial charge in [0, 0.05) is 10.9 Å². The SMILES string of the molecule is COc1cc(C(C)=O)cc2ccoc12. The van der Waals surface area contributed by atoms with Crippen LogP contribution in [0.25, 0.3) is 11.0 Å². The maximum atomic E-state index is 11.2. The van der Waals surface area contributed by atoms with Crippen molar-refractivity contribution in [3.8, 4) is 5.75 Å². The lowest BCUT2D eigenvalue weighted by Gasteiger charge is -2.02. The van der Waals surface area contributed by atoms with Crippen LogP contribution in [0.4, 0.5) is 0 Å². The summed E-state index contributed by atoms with van der Waals surface area (Å²) in [4.78, 5) is 11.2. The highest BCUT2D eigenvalue weighted by Gasteiger charge is 2.09. The zero-order valence-corrected chi connectivity index (χ0v) is 8.03. The summed E-state index contributed by atoms with van der Waals surface area (Å²) in [6.45, 7) is 1.53. The van der Waals surface area contributed by atoms with Crippen molar-refractivity contribution in [1.29, 1.82) is 0 Å². The number of hydrogen-bond donors (Lipinski definition) is 0. The van der Waals surface area contributed by atoms with Crippen molar-refractivity contribution in [2.45, 2.75) is 6.92 Å². The summed E-state index contributed by atoms with van der Waals surface area (Å²) in [5.41, 5.74) is 1.31. The van der Waals surface area contributed by atoms with Crippen molar-refractivity contribution in [3.63, 3.8) is 0 Å². The number of carbonyl (C=O) groups excluding carboxylic acids is 1. The van der Waals surface area contributed by atoms with E-state index < -0.39 is 0 Å². The number of methoxy groups -OCH3 is 1. The van der Waals surface area contributed by atoms with Gasteiger partial charge in [0.1, 0.15) is 0 Å². The molecule has 0 saturated heterocycles. The fraction of sp³-hybridized carbons (Fsp3) is 0.182. The maximum Gasteiger partial charge on any atom is 0.175 e. The van der Waals surface area contributed by atoms with Gasteiger partial charge in [0.15, 0.2) is 17.1 Å². The highest BCUT2D eigenvalue weighted by atomic mass is 16.5. The molecule has 0 aliphatic carbocycles. The molecule has 3 heteroatoms. The van der Waals surface area contributed by atoms with Crippen molar-refractivity contribution in [1.82, 2.24) is 0 Å². The second kappa shape index (κ2) is 3.18. The van der Waals surface area contributed by atoms with Crippen molar-refractivity contribution in [2.75, 3.05) is 7.11 Å². The molecule has 1 heterocycles. The number of fused-ring (bicyclic) bond motifs is 1. The van der Waals surface area contributed by atoms with Crippen molar-refractivity contribution >= 4 is 16.8 Å². The molecule has 0 fully saturated rings. The van der Waals surface area contributed by atoms with E-state index in [0.29, 0.717) is 16.9 Å². The number of carbonyl (C=O) groups is 1. The standard InChI is InChI=1S/C11H10O3/c1-7(12)9-5-8-3-4-14-11(8)10(6-9)13-2/h3-6H,1-2H3. The Labute approximate surface area is 81.3 Å². The van der Waals surface area contributed by atoms with Gasteiger partial charge in [0.25, 0.3) is 0 Å². The molecule has 3 nitrogen and oxygen atoms in total. The smallest absolute Gasteiger partial charge is 0.175 e. The van der Waals surface area contributed by atoms with Crippen LogP contribution in [-0.2, 0) is 0 Å². The fourth-order valence-electron chi connectivity index (χ4n) is 1.40. The van der Waals surface area contributed by atoms with E-state index in [2.05, 4.69) is 0 Å². The molecule has 0 atom stereocenters. The molecule has 0 spiro atoms. The van der Waals surface area contributed by atoms with E-state index in [4.69, 9.17) is 9.15 Å². The first kappa shape index (κ1) is 8.81. The van der Waals surface area contributed by atoms with Gasteiger partial charge >= 0.3 is 0 Å². The summed E-state index contributed by atoms with van der Waals surface area (Å²) >= 11 is 0. The Morgan fingerprint density at radius 2 is 2.21 bits per heavy atom. The average molecular weight is 190 g/mol. The molecule has 2 aromatic rings. The van der Waals surface area contributed by atoms with Gasteiger partial charge in [-0.05, 0) is 25.1 Å². The summed E-state index contributed by atoms with van der Waals surface area (Å²) in [6, 6.07) is 5.29. The maximum absolute atomic E-state index is 11.2. The van der Waals surface area contributed by atoms with Gasteiger partial charge in [-0.3, -0.25) is 4.79 Å². The Kier molecular flexibility index (Phi) is 2.00. The highest BCUT2D eigenvalue weighted by molar-refractivity contribution is 5.99. The third-order valence-corrected chi connectivity index (χ3v) is 2.14. The van der Waals surface area contributed by atoms with Crippen LogP contribution < -0.4 is 4.74 Å². The zero-order valence-electron chi connectivity index (χ0n) is 8.03. The van der Waals surface area contributed by atoms with Gasteiger partial charge in [-0.2, -0.15) is 0 Å². The van der Waals surface area contributed by atoms with Gasteiger partial charge in [-0.25, -0.2) is 0 Å². The van der Waals surface area contributed by atoms with Gasteiger partial charge in [0.2, 0.25) is 0 Å². The largest absolute Gasteiger partial charge is 0.493 e. The molecule has 2 rings (SSSR count). The topological polar surface area (TPSA) is 39.4 Å². The monoisotopic (exact) mass is 190 g/mol. The first-order chi connectivity index (χ1) is 6.72. The molecule has 14 heavy (non-hydrogen) atoms. The summed E-state index contributed by atoms with van der Waals surface area (Å²) < 4.78 is 10.4. The number of rotatable bonds is 2. The van der Waals surface area contributed by atoms with Crippen LogP contribution in [0.15, 0.2) is 28.9 Å². The molecule has 0 aliphatic heterocycles. The lowest BCUT2D eigenvalue weighted by Crippen LogP contribution is -1.93. The van der Waals surface area contributed by atoms with E-state index in [1.807, 2.05) is 6.07 Å². The predicted molar refractivity (Wildman–Crippen MR) is 52.8 cm³/mol. The van der Waals surface area contributed by atoms with Crippen LogP contribution in [-0.4, -0.2) is 12.9 Å². The van der Waals surface area contributed by atoms with Crippen LogP contribution in [0.1, 0.15) is 17.3 Å². The van der Waals surface area contributed by atoms with Crippen molar-refractivity contribution in [3.05, 3.63) is 30.0 Å². The lowest BCUT2D eigenvalue weighted by molar-refractivity contribution is 0.101. The van der Waals surface area contributed by atoms with E-state index in [9.17, 15) is 4.79 Å². The van der Waals surface area contributed by atoms with Crippen LogP contribution in [0, 0.1) is 0 Å². The molecule has 0 amide bonds. The molecule has 0 radical (unpaired) electrons. The molecule has 0 aliphatic rings. The van der Waals surface area contributed by atoms with Crippen molar-refractivity contribution < 1.29 is 13.9 Å². The first-order valence-electron chi connectivity index (χ1n) is 4.28. The fourth-order valence-corrected chi connectivity index (χ4v) is 1.40. The molecule has 0 saturated carbocycles. The van der Waals surface area contributed by atoms with Crippen molar-refractivity contribution in [2.24, 2.45) is 0 Å². The molecular formula is C11H10O3. The number of furan rings is 1. The molecule has 1 aromatic carbocycles. The number of benzene rings is 1. The molecule has 0 bridgehead atoms. The highest BCUT2D eigenvalue weighted by Crippen LogP contribution is 2.28. The van der Waals surface area contributed by atoms with E-state index in [1.54, 1.807) is 25.5 Å². The zero-order chi connectivity index (χ0) is 10.1. The number of hydrogen-bond acceptors (Lipinski definition) is 3. The van der Waals surface area contributed by atoms with Crippen LogP contribution in [0.2, 0.25) is 0 Å². The Balaban J connectivity index is 2.73. The lowest BCUT2D eigenvalue weighted by atomic mass is 10.1. The molecular weight excluding hydrogens is 180 g/mol. The molecule has 0 N–H and O–H groups in total. The Morgan fingerprint density at radius 1 is 1.43 bits per heavy atom. The molecule has 0 unspecified atom stereocenters. The molecule has 72 valence electrons. The molecule has 1 aromatic heterocycles. The number of ketones is 1. The summed E-state index contributed by atoms with van der Waals surface area (Å²) in [7, 11) is 1.56. The minimum Gasteiger partial charge on any atom is -0.493 e. The minimum atomic E-state index is 0.0198. The minimum absolute atomic E-state index is 0.0198. The second-order valence-electron chi connectivity index (χ2n) is 3.07. The summed E-state index contributed by atoms with van der Waals surface area (Å²) in [5.74, 6) is 0.615. The normalized spacial score (nSPS) is 10.4. The van der Waals surface area contributed by atoms with Gasteiger partial charge in [0.05, 0.1) is 13.4 Å². The van der Waals surface area contributed by atoms with Gasteiger partial charge in [-0.1, -0.05) is 0 Å². The van der Waals surface area contributed by atoms with Crippen LogP contribution in [0.5, 0.6) is 5.75 Å². The predicted octanol–water partition coefficient (Wildman–Crippen LogP) is 2.64. The van der Waals surface area contributed by atoms with Crippen LogP contribution >= 0.6 is 0 Å². The summed E-state index contributed by atoms with van der Waals surface area (Å²) in [5, 5.41) is 0.884. The first-order valence-corrected chi connectivity index (χ1v) is 4.28. The van der Waals surface area contributed by atoms with Crippen LogP contribution in [0.3, 0.4) is 0 Å². The van der Waals surface area contributed by atoms with E-state index in [1.165, 1.54) is 6.92 Å². The van der Waals surface area contributed by atoms with E-state index in [-0.39, 0.29) is 5.78 Å². The summed E-state index contributed by atoms with van der Waals surface area (Å²) in [6.07, 6.45) is 1.58. The van der Waals surface area contributed by atoms with Gasteiger partial charge in [-0.15, -0.1) is 0 Å². The number of ether oxygens (including phenoxy) is 1. The number of Topliss-reactive ketones (excluding diaryl/α,β-unsaturated/α-hetero) is 1.